The van der Waals surface area contributed by atoms with Gasteiger partial charge in [0.05, 0.1) is 11.2 Å². The Labute approximate surface area is 80.9 Å². The minimum absolute atomic E-state index is 0.749. The maximum absolute atomic E-state index is 6.02. The van der Waals surface area contributed by atoms with Gasteiger partial charge in [0.2, 0.25) is 0 Å². The van der Waals surface area contributed by atoms with Crippen LogP contribution in [-0.2, 0) is 0 Å². The summed E-state index contributed by atoms with van der Waals surface area (Å²) in [6.45, 7) is 0. The molecule has 0 unspecified atom stereocenters. The molecule has 3 rings (SSSR count). The van der Waals surface area contributed by atoms with Crippen LogP contribution in [0.3, 0.4) is 0 Å². The molecule has 0 bridgehead atoms. The molecule has 68 valence electrons. The quantitative estimate of drug-likeness (QED) is 0.561. The second kappa shape index (κ2) is 2.48. The van der Waals surface area contributed by atoms with Gasteiger partial charge in [-0.3, -0.25) is 4.98 Å². The monoisotopic (exact) mass is 183 g/mol. The van der Waals surface area contributed by atoms with E-state index in [9.17, 15) is 0 Å². The summed E-state index contributed by atoms with van der Waals surface area (Å²) in [7, 11) is 0. The highest BCUT2D eigenvalue weighted by atomic mass is 14.8. The number of nitrogens with zero attached hydrogens (tertiary/aromatic N) is 1. The predicted octanol–water partition coefficient (Wildman–Crippen LogP) is 2.25. The first-order chi connectivity index (χ1) is 6.86. The minimum Gasteiger partial charge on any atom is -0.396 e. The van der Waals surface area contributed by atoms with Gasteiger partial charge < -0.3 is 10.7 Å². The molecule has 1 aliphatic heterocycles. The smallest absolute Gasteiger partial charge is 0.110 e. The van der Waals surface area contributed by atoms with E-state index < -0.39 is 0 Å². The SMILES string of the molecule is Nc1c2cccc-2[nH]c2cccnc12. The van der Waals surface area contributed by atoms with Gasteiger partial charge in [-0.2, -0.15) is 0 Å². The van der Waals surface area contributed by atoms with Crippen molar-refractivity contribution in [3.8, 4) is 11.3 Å². The maximum atomic E-state index is 6.02. The zero-order valence-corrected chi connectivity index (χ0v) is 7.49. The molecule has 2 aliphatic rings. The molecule has 0 amide bonds. The number of fused-ring (bicyclic) bond motifs is 2. The van der Waals surface area contributed by atoms with E-state index >= 15 is 0 Å². The number of hydrogen-bond donors (Lipinski definition) is 2. The number of H-pyrrole nitrogens is 1. The molecule has 1 aliphatic carbocycles. The van der Waals surface area contributed by atoms with Gasteiger partial charge in [-0.05, 0) is 18.2 Å². The molecular weight excluding hydrogens is 174 g/mol. The Morgan fingerprint density at radius 1 is 1.14 bits per heavy atom. The lowest BCUT2D eigenvalue weighted by molar-refractivity contribution is 1.34. The minimum atomic E-state index is 0.749. The van der Waals surface area contributed by atoms with Crippen LogP contribution >= 0.6 is 0 Å². The first-order valence-electron chi connectivity index (χ1n) is 4.47. The first-order valence-corrected chi connectivity index (χ1v) is 4.47. The summed E-state index contributed by atoms with van der Waals surface area (Å²) >= 11 is 0. The molecule has 1 aromatic rings. The third kappa shape index (κ3) is 0.836. The van der Waals surface area contributed by atoms with E-state index in [1.165, 1.54) is 0 Å². The molecule has 0 radical (unpaired) electrons. The Balaban J connectivity index is 2.58. The zero-order valence-electron chi connectivity index (χ0n) is 7.49. The second-order valence-corrected chi connectivity index (χ2v) is 3.29. The van der Waals surface area contributed by atoms with Gasteiger partial charge in [0.25, 0.3) is 0 Å². The Hall–Kier alpha value is -2.03. The first kappa shape index (κ1) is 7.38. The maximum Gasteiger partial charge on any atom is 0.110 e. The van der Waals surface area contributed by atoms with Crippen LogP contribution in [0.1, 0.15) is 0 Å². The summed E-state index contributed by atoms with van der Waals surface area (Å²) in [6.07, 6.45) is 1.75. The van der Waals surface area contributed by atoms with Gasteiger partial charge in [-0.25, -0.2) is 0 Å². The summed E-state index contributed by atoms with van der Waals surface area (Å²) in [4.78, 5) is 7.54. The molecule has 0 saturated carbocycles. The van der Waals surface area contributed by atoms with Gasteiger partial charge in [-0.15, -0.1) is 0 Å². The Bertz CT molecular complexity index is 568. The normalized spacial score (nSPS) is 11.1. The van der Waals surface area contributed by atoms with Crippen molar-refractivity contribution in [1.29, 1.82) is 0 Å². The van der Waals surface area contributed by atoms with Crippen LogP contribution in [-0.4, -0.2) is 9.97 Å². The lowest BCUT2D eigenvalue weighted by Crippen LogP contribution is -1.95. The predicted molar refractivity (Wildman–Crippen MR) is 57.1 cm³/mol. The van der Waals surface area contributed by atoms with Crippen molar-refractivity contribution >= 4 is 16.7 Å². The fraction of sp³-hybridized carbons (Fsp3) is 0. The van der Waals surface area contributed by atoms with Gasteiger partial charge in [0.15, 0.2) is 0 Å². The molecule has 0 atom stereocenters. The molecule has 0 spiro atoms. The van der Waals surface area contributed by atoms with Crippen molar-refractivity contribution < 1.29 is 0 Å². The van der Waals surface area contributed by atoms with Gasteiger partial charge in [0.1, 0.15) is 5.52 Å². The van der Waals surface area contributed by atoms with Crippen molar-refractivity contribution in [3.05, 3.63) is 36.5 Å². The van der Waals surface area contributed by atoms with Gasteiger partial charge in [-0.1, -0.05) is 12.1 Å². The van der Waals surface area contributed by atoms with Crippen LogP contribution in [0.2, 0.25) is 0 Å². The summed E-state index contributed by atoms with van der Waals surface area (Å²) in [5.74, 6) is 0. The Morgan fingerprint density at radius 3 is 3.00 bits per heavy atom. The van der Waals surface area contributed by atoms with Crippen molar-refractivity contribution in [2.45, 2.75) is 0 Å². The summed E-state index contributed by atoms with van der Waals surface area (Å²) in [5, 5.41) is 0. The number of nitrogens with two attached hydrogens (primary N) is 1. The second-order valence-electron chi connectivity index (χ2n) is 3.29. The molecular formula is C11H9N3. The number of aromatic amines is 1. The molecule has 3 nitrogen and oxygen atoms in total. The summed E-state index contributed by atoms with van der Waals surface area (Å²) in [6, 6.07) is 9.86. The van der Waals surface area contributed by atoms with E-state index in [1.807, 2.05) is 30.3 Å². The molecule has 0 aromatic carbocycles. The van der Waals surface area contributed by atoms with Crippen LogP contribution in [0.15, 0.2) is 36.5 Å². The van der Waals surface area contributed by atoms with Crippen molar-refractivity contribution in [2.24, 2.45) is 0 Å². The van der Waals surface area contributed by atoms with E-state index in [-0.39, 0.29) is 0 Å². The summed E-state index contributed by atoms with van der Waals surface area (Å²) < 4.78 is 0. The number of nitrogen functional groups attached to an aromatic ring is 1. The lowest BCUT2D eigenvalue weighted by Gasteiger charge is -2.07. The standard InChI is InChI=1S/C11H9N3/c12-10-7-3-1-4-8(7)14-9-5-2-6-13-11(9)10/h1-6,14H,12H2. The van der Waals surface area contributed by atoms with Crippen LogP contribution < -0.4 is 5.73 Å². The van der Waals surface area contributed by atoms with Gasteiger partial charge >= 0.3 is 0 Å². The molecule has 1 aromatic heterocycles. The fourth-order valence-corrected chi connectivity index (χ4v) is 1.76. The largest absolute Gasteiger partial charge is 0.396 e. The van der Waals surface area contributed by atoms with Crippen molar-refractivity contribution in [3.63, 3.8) is 0 Å². The van der Waals surface area contributed by atoms with E-state index in [0.717, 1.165) is 28.0 Å². The average Bonchev–Trinajstić information content (AvgIpc) is 2.66. The highest BCUT2D eigenvalue weighted by Crippen LogP contribution is 2.31. The number of anilines is 1. The number of rotatable bonds is 0. The summed E-state index contributed by atoms with van der Waals surface area (Å²) in [5.41, 5.74) is 10.7. The molecule has 0 fully saturated rings. The van der Waals surface area contributed by atoms with Crippen molar-refractivity contribution in [2.75, 3.05) is 5.73 Å². The molecule has 3 heteroatoms. The van der Waals surface area contributed by atoms with E-state index in [0.29, 0.717) is 0 Å². The van der Waals surface area contributed by atoms with Crippen LogP contribution in [0, 0.1) is 0 Å². The third-order valence-corrected chi connectivity index (χ3v) is 2.44. The lowest BCUT2D eigenvalue weighted by atomic mass is 10.1. The molecule has 2 heterocycles. The fourth-order valence-electron chi connectivity index (χ4n) is 1.76. The van der Waals surface area contributed by atoms with Crippen LogP contribution in [0.4, 0.5) is 5.69 Å². The van der Waals surface area contributed by atoms with Crippen LogP contribution in [0.25, 0.3) is 22.3 Å². The third-order valence-electron chi connectivity index (χ3n) is 2.44. The number of hydrogen-bond acceptors (Lipinski definition) is 2. The number of pyridine rings is 2. The van der Waals surface area contributed by atoms with Gasteiger partial charge in [0, 0.05) is 17.5 Å². The van der Waals surface area contributed by atoms with E-state index in [1.54, 1.807) is 6.20 Å². The van der Waals surface area contributed by atoms with E-state index in [2.05, 4.69) is 9.97 Å². The molecule has 3 N–H and O–H groups in total. The molecule has 14 heavy (non-hydrogen) atoms. The number of nitrogens with one attached hydrogen (secondary N) is 1. The Morgan fingerprint density at radius 2 is 2.07 bits per heavy atom. The van der Waals surface area contributed by atoms with Crippen LogP contribution in [0.5, 0.6) is 0 Å². The molecule has 0 saturated heterocycles. The Kier molecular flexibility index (Phi) is 1.31. The highest BCUT2D eigenvalue weighted by molar-refractivity contribution is 5.96. The van der Waals surface area contributed by atoms with E-state index in [4.69, 9.17) is 5.73 Å². The van der Waals surface area contributed by atoms with Crippen molar-refractivity contribution in [1.82, 2.24) is 9.97 Å². The topological polar surface area (TPSA) is 54.7 Å². The zero-order chi connectivity index (χ0) is 9.54. The highest BCUT2D eigenvalue weighted by Gasteiger charge is 2.10. The number of aromatic nitrogens is 2. The average molecular weight is 183 g/mol.